The fourth-order valence-corrected chi connectivity index (χ4v) is 3.13. The molecule has 14 heteroatoms. The molecule has 184 valence electrons. The number of benzene rings is 1. The van der Waals surface area contributed by atoms with Gasteiger partial charge in [-0.2, -0.15) is 39.5 Å². The average molecular weight is 492 g/mol. The Labute approximate surface area is 181 Å². The number of methoxy groups -OCH3 is 1. The highest BCUT2D eigenvalue weighted by Gasteiger charge is 2.79. The number of carbonyl (C=O) groups excluding carboxylic acids is 1. The molecule has 0 amide bonds. The predicted molar refractivity (Wildman–Crippen MR) is 96.6 cm³/mol. The molecule has 0 spiro atoms. The Kier molecular flexibility index (Phi) is 6.83. The van der Waals surface area contributed by atoms with Crippen molar-refractivity contribution in [2.75, 3.05) is 7.11 Å². The van der Waals surface area contributed by atoms with E-state index in [0.717, 1.165) is 26.0 Å². The van der Waals surface area contributed by atoms with Gasteiger partial charge in [-0.05, 0) is 24.5 Å². The number of halogens is 9. The Morgan fingerprint density at radius 2 is 1.55 bits per heavy atom. The molecule has 0 saturated heterocycles. The SMILES string of the molecule is COC(=O)C(CC(C)C)(N=C1OC(c2ccccc2)=NC1(C(F)(F)F)C(F)(F)F)C(F)(F)F. The van der Waals surface area contributed by atoms with Crippen LogP contribution in [0.4, 0.5) is 39.5 Å². The number of nitrogens with zero attached hydrogens (tertiary/aromatic N) is 2. The Morgan fingerprint density at radius 3 is 1.94 bits per heavy atom. The van der Waals surface area contributed by atoms with Gasteiger partial charge in [0.1, 0.15) is 0 Å². The molecule has 1 aliphatic rings. The summed E-state index contributed by atoms with van der Waals surface area (Å²) in [6.45, 7) is 2.32. The van der Waals surface area contributed by atoms with Crippen molar-refractivity contribution in [3.63, 3.8) is 0 Å². The van der Waals surface area contributed by atoms with E-state index in [2.05, 4.69) is 19.5 Å². The maximum atomic E-state index is 14.0. The van der Waals surface area contributed by atoms with E-state index in [1.165, 1.54) is 18.2 Å². The zero-order valence-corrected chi connectivity index (χ0v) is 17.2. The summed E-state index contributed by atoms with van der Waals surface area (Å²) in [7, 11) is 0.492. The van der Waals surface area contributed by atoms with Crippen molar-refractivity contribution in [1.29, 1.82) is 0 Å². The molecule has 1 aromatic rings. The van der Waals surface area contributed by atoms with Crippen molar-refractivity contribution < 1.29 is 53.8 Å². The summed E-state index contributed by atoms with van der Waals surface area (Å²) >= 11 is 0. The van der Waals surface area contributed by atoms with Crippen molar-refractivity contribution in [3.05, 3.63) is 35.9 Å². The van der Waals surface area contributed by atoms with Crippen LogP contribution >= 0.6 is 0 Å². The Hall–Kier alpha value is -2.80. The van der Waals surface area contributed by atoms with Crippen molar-refractivity contribution >= 4 is 17.8 Å². The number of carbonyl (C=O) groups is 1. The Bertz CT molecular complexity index is 921. The minimum atomic E-state index is -6.33. The normalized spacial score (nSPS) is 19.8. The fraction of sp³-hybridized carbons (Fsp3) is 0.526. The van der Waals surface area contributed by atoms with Crippen LogP contribution in [0.2, 0.25) is 0 Å². The summed E-state index contributed by atoms with van der Waals surface area (Å²) in [6.07, 6.45) is -19.7. The molecule has 0 bridgehead atoms. The zero-order valence-electron chi connectivity index (χ0n) is 17.2. The minimum absolute atomic E-state index is 0.389. The Morgan fingerprint density at radius 1 is 1.03 bits per heavy atom. The van der Waals surface area contributed by atoms with Gasteiger partial charge in [0.25, 0.3) is 5.54 Å². The second kappa shape index (κ2) is 8.52. The van der Waals surface area contributed by atoms with Crippen molar-refractivity contribution in [3.8, 4) is 0 Å². The highest BCUT2D eigenvalue weighted by atomic mass is 19.4. The summed E-state index contributed by atoms with van der Waals surface area (Å²) in [5.74, 6) is -7.01. The summed E-state index contributed by atoms with van der Waals surface area (Å²) in [5.41, 5.74) is -9.79. The maximum absolute atomic E-state index is 14.0. The number of rotatable bonds is 5. The molecule has 1 heterocycles. The first kappa shape index (κ1) is 26.5. The topological polar surface area (TPSA) is 60.2 Å². The molecular weight excluding hydrogens is 475 g/mol. The standard InChI is InChI=1S/C19H17F9N2O3/c1-10(2)9-15(14(31)32-3,17(20,21)22)30-13-16(18(23,24)25,19(26,27)28)29-12(33-13)11-7-5-4-6-8-11/h4-8,10H,9H2,1-3H3. The van der Waals surface area contributed by atoms with E-state index in [1.807, 2.05) is 0 Å². The lowest BCUT2D eigenvalue weighted by molar-refractivity contribution is -0.272. The number of hydrogen-bond donors (Lipinski definition) is 0. The van der Waals surface area contributed by atoms with E-state index >= 15 is 0 Å². The van der Waals surface area contributed by atoms with Gasteiger partial charge in [0.15, 0.2) is 0 Å². The van der Waals surface area contributed by atoms with Crippen LogP contribution in [0.3, 0.4) is 0 Å². The molecule has 1 aromatic carbocycles. The van der Waals surface area contributed by atoms with Crippen LogP contribution in [0, 0.1) is 5.92 Å². The van der Waals surface area contributed by atoms with Crippen LogP contribution in [0.25, 0.3) is 0 Å². The number of alkyl halides is 9. The van der Waals surface area contributed by atoms with Gasteiger partial charge in [-0.3, -0.25) is 0 Å². The van der Waals surface area contributed by atoms with Gasteiger partial charge in [-0.15, -0.1) is 0 Å². The summed E-state index contributed by atoms with van der Waals surface area (Å²) < 4.78 is 134. The van der Waals surface area contributed by atoms with E-state index in [4.69, 9.17) is 0 Å². The highest BCUT2D eigenvalue weighted by molar-refractivity contribution is 6.11. The van der Waals surface area contributed by atoms with Crippen molar-refractivity contribution in [1.82, 2.24) is 0 Å². The van der Waals surface area contributed by atoms with Gasteiger partial charge < -0.3 is 9.47 Å². The maximum Gasteiger partial charge on any atom is 0.431 e. The first-order valence-corrected chi connectivity index (χ1v) is 9.15. The van der Waals surface area contributed by atoms with Crippen LogP contribution in [-0.2, 0) is 14.3 Å². The molecule has 5 nitrogen and oxygen atoms in total. The van der Waals surface area contributed by atoms with Crippen LogP contribution < -0.4 is 0 Å². The molecule has 2 rings (SSSR count). The second-order valence-electron chi connectivity index (χ2n) is 7.46. The van der Waals surface area contributed by atoms with E-state index in [-0.39, 0.29) is 5.56 Å². The molecule has 1 unspecified atom stereocenters. The summed E-state index contributed by atoms with van der Waals surface area (Å²) in [4.78, 5) is 17.5. The zero-order chi connectivity index (χ0) is 25.5. The highest BCUT2D eigenvalue weighted by Crippen LogP contribution is 2.51. The van der Waals surface area contributed by atoms with Crippen LogP contribution in [0.1, 0.15) is 25.8 Å². The summed E-state index contributed by atoms with van der Waals surface area (Å²) in [5, 5.41) is 0. The van der Waals surface area contributed by atoms with Crippen LogP contribution in [-0.4, -0.2) is 54.5 Å². The monoisotopic (exact) mass is 492 g/mol. The third-order valence-corrected chi connectivity index (χ3v) is 4.60. The second-order valence-corrected chi connectivity index (χ2v) is 7.46. The average Bonchev–Trinajstić information content (AvgIpc) is 3.06. The number of aliphatic imine (C=N–C) groups is 2. The van der Waals surface area contributed by atoms with E-state index in [0.29, 0.717) is 7.11 Å². The Balaban J connectivity index is 2.94. The fourth-order valence-electron chi connectivity index (χ4n) is 3.13. The lowest BCUT2D eigenvalue weighted by atomic mass is 9.87. The van der Waals surface area contributed by atoms with Gasteiger partial charge in [0.05, 0.1) is 7.11 Å². The number of ether oxygens (including phenoxy) is 2. The van der Waals surface area contributed by atoms with E-state index < -0.39 is 59.7 Å². The molecule has 0 saturated carbocycles. The molecule has 1 aliphatic heterocycles. The summed E-state index contributed by atoms with van der Waals surface area (Å²) in [6, 6.07) is 5.90. The molecular formula is C19H17F9N2O3. The molecule has 1 atom stereocenters. The van der Waals surface area contributed by atoms with Gasteiger partial charge >= 0.3 is 30.0 Å². The molecule has 0 fully saturated rings. The minimum Gasteiger partial charge on any atom is -0.467 e. The van der Waals surface area contributed by atoms with Gasteiger partial charge in [0, 0.05) is 5.56 Å². The first-order chi connectivity index (χ1) is 14.9. The van der Waals surface area contributed by atoms with Gasteiger partial charge in [-0.25, -0.2) is 14.8 Å². The molecule has 0 radical (unpaired) electrons. The van der Waals surface area contributed by atoms with Crippen molar-refractivity contribution in [2.24, 2.45) is 15.9 Å². The quantitative estimate of drug-likeness (QED) is 0.417. The van der Waals surface area contributed by atoms with Crippen molar-refractivity contribution in [2.45, 2.75) is 49.9 Å². The third-order valence-electron chi connectivity index (χ3n) is 4.60. The predicted octanol–water partition coefficient (Wildman–Crippen LogP) is 5.25. The van der Waals surface area contributed by atoms with Gasteiger partial charge in [0.2, 0.25) is 11.8 Å². The molecule has 0 N–H and O–H groups in total. The smallest absolute Gasteiger partial charge is 0.431 e. The lowest BCUT2D eigenvalue weighted by Crippen LogP contribution is -2.61. The third kappa shape index (κ3) is 4.51. The largest absolute Gasteiger partial charge is 0.467 e. The number of hydrogen-bond acceptors (Lipinski definition) is 5. The van der Waals surface area contributed by atoms with Gasteiger partial charge in [-0.1, -0.05) is 32.0 Å². The van der Waals surface area contributed by atoms with E-state index in [9.17, 15) is 44.3 Å². The van der Waals surface area contributed by atoms with Crippen LogP contribution in [0.15, 0.2) is 40.3 Å². The first-order valence-electron chi connectivity index (χ1n) is 9.15. The number of esters is 1. The van der Waals surface area contributed by atoms with E-state index in [1.54, 1.807) is 0 Å². The molecule has 0 aromatic heterocycles. The van der Waals surface area contributed by atoms with Crippen LogP contribution in [0.5, 0.6) is 0 Å². The molecule has 0 aliphatic carbocycles. The lowest BCUT2D eigenvalue weighted by Gasteiger charge is -2.34. The molecule has 33 heavy (non-hydrogen) atoms.